The van der Waals surface area contributed by atoms with Gasteiger partial charge in [-0.05, 0) is 40.2 Å². The van der Waals surface area contributed by atoms with Gasteiger partial charge < -0.3 is 14.8 Å². The second kappa shape index (κ2) is 6.13. The van der Waals surface area contributed by atoms with Crippen LogP contribution in [0.3, 0.4) is 0 Å². The van der Waals surface area contributed by atoms with E-state index < -0.39 is 0 Å². The van der Waals surface area contributed by atoms with Crippen LogP contribution in [0.25, 0.3) is 0 Å². The fraction of sp³-hybridized carbons (Fsp3) is 0.200. The summed E-state index contributed by atoms with van der Waals surface area (Å²) in [5.41, 5.74) is 0.363. The zero-order valence-corrected chi connectivity index (χ0v) is 12.7. The van der Waals surface area contributed by atoms with Crippen LogP contribution in [0.5, 0.6) is 11.5 Å². The molecular formula is C15H13BrN2O3. The summed E-state index contributed by atoms with van der Waals surface area (Å²) < 4.78 is 12.0. The number of hydrogen-bond acceptors (Lipinski definition) is 4. The standard InChI is InChI=1S/C15H13BrN2O3/c16-14-7-3-4-11(18-14)15(19)17-8-10-9-20-12-5-1-2-6-13(12)21-10/h1-7,10H,8-9H2,(H,17,19). The van der Waals surface area contributed by atoms with Crippen molar-refractivity contribution in [3.8, 4) is 11.5 Å². The first-order chi connectivity index (χ1) is 10.2. The van der Waals surface area contributed by atoms with Crippen molar-refractivity contribution in [3.05, 3.63) is 52.8 Å². The average Bonchev–Trinajstić information content (AvgIpc) is 2.52. The van der Waals surface area contributed by atoms with Crippen LogP contribution in [-0.2, 0) is 0 Å². The summed E-state index contributed by atoms with van der Waals surface area (Å²) in [7, 11) is 0. The fourth-order valence-corrected chi connectivity index (χ4v) is 2.34. The number of nitrogens with one attached hydrogen (secondary N) is 1. The summed E-state index contributed by atoms with van der Waals surface area (Å²) in [5, 5.41) is 2.80. The number of benzene rings is 1. The second-order valence-electron chi connectivity index (χ2n) is 4.55. The fourth-order valence-electron chi connectivity index (χ4n) is 2.00. The molecule has 1 aromatic carbocycles. The minimum Gasteiger partial charge on any atom is -0.486 e. The minimum absolute atomic E-state index is 0.212. The topological polar surface area (TPSA) is 60.5 Å². The molecule has 6 heteroatoms. The van der Waals surface area contributed by atoms with E-state index in [0.29, 0.717) is 29.2 Å². The first kappa shape index (κ1) is 13.9. The van der Waals surface area contributed by atoms with Crippen LogP contribution < -0.4 is 14.8 Å². The van der Waals surface area contributed by atoms with E-state index in [4.69, 9.17) is 9.47 Å². The smallest absolute Gasteiger partial charge is 0.270 e. The van der Waals surface area contributed by atoms with Crippen molar-refractivity contribution < 1.29 is 14.3 Å². The van der Waals surface area contributed by atoms with Gasteiger partial charge in [-0.15, -0.1) is 0 Å². The average molecular weight is 349 g/mol. The van der Waals surface area contributed by atoms with Gasteiger partial charge in [0.15, 0.2) is 11.5 Å². The molecule has 1 unspecified atom stereocenters. The Labute approximate surface area is 130 Å². The molecule has 0 aliphatic carbocycles. The molecule has 5 nitrogen and oxygen atoms in total. The van der Waals surface area contributed by atoms with E-state index in [-0.39, 0.29) is 12.0 Å². The highest BCUT2D eigenvalue weighted by molar-refractivity contribution is 9.10. The van der Waals surface area contributed by atoms with Crippen molar-refractivity contribution >= 4 is 21.8 Å². The molecule has 1 aliphatic heterocycles. The molecule has 0 radical (unpaired) electrons. The largest absolute Gasteiger partial charge is 0.486 e. The molecule has 1 amide bonds. The molecule has 1 N–H and O–H groups in total. The lowest BCUT2D eigenvalue weighted by Crippen LogP contribution is -2.40. The quantitative estimate of drug-likeness (QED) is 0.865. The zero-order chi connectivity index (χ0) is 14.7. The molecule has 3 rings (SSSR count). The molecule has 1 aliphatic rings. The van der Waals surface area contributed by atoms with Crippen LogP contribution >= 0.6 is 15.9 Å². The molecule has 0 fully saturated rings. The summed E-state index contributed by atoms with van der Waals surface area (Å²) in [6.45, 7) is 0.768. The maximum atomic E-state index is 12.0. The number of pyridine rings is 1. The van der Waals surface area contributed by atoms with E-state index in [0.717, 1.165) is 5.75 Å². The Balaban J connectivity index is 1.58. The highest BCUT2D eigenvalue weighted by Gasteiger charge is 2.21. The summed E-state index contributed by atoms with van der Waals surface area (Å²) in [4.78, 5) is 16.1. The van der Waals surface area contributed by atoms with Gasteiger partial charge >= 0.3 is 0 Å². The van der Waals surface area contributed by atoms with Crippen molar-refractivity contribution in [2.45, 2.75) is 6.10 Å². The molecule has 0 bridgehead atoms. The normalized spacial score (nSPS) is 16.3. The predicted molar refractivity (Wildman–Crippen MR) is 80.6 cm³/mol. The van der Waals surface area contributed by atoms with Gasteiger partial charge in [-0.1, -0.05) is 18.2 Å². The Morgan fingerprint density at radius 1 is 1.24 bits per heavy atom. The van der Waals surface area contributed by atoms with Crippen LogP contribution in [0.15, 0.2) is 47.1 Å². The molecular weight excluding hydrogens is 336 g/mol. The predicted octanol–water partition coefficient (Wildman–Crippen LogP) is 2.41. The molecule has 108 valence electrons. The number of carbonyl (C=O) groups is 1. The molecule has 2 heterocycles. The Morgan fingerprint density at radius 3 is 2.86 bits per heavy atom. The third-order valence-electron chi connectivity index (χ3n) is 3.01. The van der Waals surface area contributed by atoms with Crippen molar-refractivity contribution in [3.63, 3.8) is 0 Å². The SMILES string of the molecule is O=C(NCC1COc2ccccc2O1)c1cccc(Br)n1. The summed E-state index contributed by atoms with van der Waals surface area (Å²) in [5.74, 6) is 1.19. The summed E-state index contributed by atoms with van der Waals surface area (Å²) in [6, 6.07) is 12.7. The number of fused-ring (bicyclic) bond motifs is 1. The summed E-state index contributed by atoms with van der Waals surface area (Å²) in [6.07, 6.45) is -0.212. The molecule has 21 heavy (non-hydrogen) atoms. The molecule has 0 saturated carbocycles. The Kier molecular flexibility index (Phi) is 4.06. The molecule has 1 aromatic heterocycles. The monoisotopic (exact) mass is 348 g/mol. The van der Waals surface area contributed by atoms with Gasteiger partial charge in [-0.2, -0.15) is 0 Å². The third-order valence-corrected chi connectivity index (χ3v) is 3.45. The van der Waals surface area contributed by atoms with E-state index in [2.05, 4.69) is 26.2 Å². The van der Waals surface area contributed by atoms with Crippen LogP contribution in [-0.4, -0.2) is 30.1 Å². The lowest BCUT2D eigenvalue weighted by Gasteiger charge is -2.26. The Hall–Kier alpha value is -2.08. The number of carbonyl (C=O) groups excluding carboxylic acids is 1. The number of ether oxygens (including phenoxy) is 2. The number of para-hydroxylation sites is 2. The van der Waals surface area contributed by atoms with E-state index in [9.17, 15) is 4.79 Å². The van der Waals surface area contributed by atoms with Gasteiger partial charge in [0.25, 0.3) is 5.91 Å². The maximum Gasteiger partial charge on any atom is 0.270 e. The number of rotatable bonds is 3. The van der Waals surface area contributed by atoms with Gasteiger partial charge in [0, 0.05) is 0 Å². The molecule has 0 spiro atoms. The molecule has 0 saturated heterocycles. The summed E-state index contributed by atoms with van der Waals surface area (Å²) >= 11 is 3.24. The van der Waals surface area contributed by atoms with Crippen LogP contribution in [0.4, 0.5) is 0 Å². The van der Waals surface area contributed by atoms with Gasteiger partial charge in [0.1, 0.15) is 23.0 Å². The third kappa shape index (κ3) is 3.33. The van der Waals surface area contributed by atoms with E-state index in [1.54, 1.807) is 18.2 Å². The maximum absolute atomic E-state index is 12.0. The first-order valence-corrected chi connectivity index (χ1v) is 7.31. The first-order valence-electron chi connectivity index (χ1n) is 6.51. The number of nitrogens with zero attached hydrogens (tertiary/aromatic N) is 1. The second-order valence-corrected chi connectivity index (χ2v) is 5.37. The highest BCUT2D eigenvalue weighted by atomic mass is 79.9. The van der Waals surface area contributed by atoms with Gasteiger partial charge in [-0.25, -0.2) is 4.98 Å². The molecule has 1 atom stereocenters. The lowest BCUT2D eigenvalue weighted by molar-refractivity contribution is 0.0786. The number of aromatic nitrogens is 1. The molecule has 2 aromatic rings. The zero-order valence-electron chi connectivity index (χ0n) is 11.1. The van der Waals surface area contributed by atoms with Crippen molar-refractivity contribution in [1.29, 1.82) is 0 Å². The van der Waals surface area contributed by atoms with Gasteiger partial charge in [-0.3, -0.25) is 4.79 Å². The van der Waals surface area contributed by atoms with Crippen molar-refractivity contribution in [2.24, 2.45) is 0 Å². The van der Waals surface area contributed by atoms with E-state index >= 15 is 0 Å². The number of halogens is 1. The highest BCUT2D eigenvalue weighted by Crippen LogP contribution is 2.30. The lowest BCUT2D eigenvalue weighted by atomic mass is 10.2. The number of amides is 1. The number of hydrogen-bond donors (Lipinski definition) is 1. The van der Waals surface area contributed by atoms with E-state index in [1.165, 1.54) is 0 Å². The van der Waals surface area contributed by atoms with E-state index in [1.807, 2.05) is 24.3 Å². The van der Waals surface area contributed by atoms with Crippen molar-refractivity contribution in [2.75, 3.05) is 13.2 Å². The van der Waals surface area contributed by atoms with Gasteiger partial charge in [0.2, 0.25) is 0 Å². The minimum atomic E-state index is -0.237. The van der Waals surface area contributed by atoms with Crippen molar-refractivity contribution in [1.82, 2.24) is 10.3 Å². The van der Waals surface area contributed by atoms with Crippen LogP contribution in [0.2, 0.25) is 0 Å². The van der Waals surface area contributed by atoms with Crippen LogP contribution in [0, 0.1) is 0 Å². The van der Waals surface area contributed by atoms with Gasteiger partial charge in [0.05, 0.1) is 6.54 Å². The van der Waals surface area contributed by atoms with Crippen LogP contribution in [0.1, 0.15) is 10.5 Å². The Bertz CT molecular complexity index is 663. The Morgan fingerprint density at radius 2 is 2.05 bits per heavy atom.